The van der Waals surface area contributed by atoms with Crippen molar-refractivity contribution >= 4 is 31.6 Å². The van der Waals surface area contributed by atoms with Crippen molar-refractivity contribution in [1.82, 2.24) is 4.72 Å². The molecule has 21 heavy (non-hydrogen) atoms. The Morgan fingerprint density at radius 1 is 1.48 bits per heavy atom. The van der Waals surface area contributed by atoms with E-state index in [1.807, 2.05) is 0 Å². The van der Waals surface area contributed by atoms with E-state index in [0.29, 0.717) is 30.0 Å². The third-order valence-corrected chi connectivity index (χ3v) is 5.26. The van der Waals surface area contributed by atoms with Crippen molar-refractivity contribution in [2.24, 2.45) is 5.92 Å². The van der Waals surface area contributed by atoms with E-state index in [0.717, 1.165) is 6.42 Å². The predicted molar refractivity (Wildman–Crippen MR) is 79.5 cm³/mol. The smallest absolute Gasteiger partial charge is 0.289 e. The van der Waals surface area contributed by atoms with E-state index in [1.54, 1.807) is 0 Å². The molecule has 0 radical (unpaired) electrons. The topological polar surface area (TPSA) is 98.5 Å². The van der Waals surface area contributed by atoms with Crippen molar-refractivity contribution < 1.29 is 18.1 Å². The Hall–Kier alpha value is -1.03. The number of nitro benzene ring substituents is 1. The molecule has 1 aromatic rings. The van der Waals surface area contributed by atoms with Gasteiger partial charge in [0.1, 0.15) is 0 Å². The van der Waals surface area contributed by atoms with E-state index in [2.05, 4.69) is 20.7 Å². The fourth-order valence-corrected chi connectivity index (χ4v) is 3.89. The number of nitrogens with zero attached hydrogens (tertiary/aromatic N) is 1. The van der Waals surface area contributed by atoms with Gasteiger partial charge in [-0.05, 0) is 30.9 Å². The standard InChI is InChI=1S/C12H15BrN2O5S/c13-10-1-2-11(15(16)17)12(7-10)21(18,19)14-5-3-9-4-6-20-8-9/h1-2,7,9,14H,3-6,8H2. The zero-order chi connectivity index (χ0) is 15.5. The summed E-state index contributed by atoms with van der Waals surface area (Å²) in [4.78, 5) is 9.91. The summed E-state index contributed by atoms with van der Waals surface area (Å²) in [6.07, 6.45) is 1.57. The van der Waals surface area contributed by atoms with Gasteiger partial charge >= 0.3 is 0 Å². The normalized spacial score (nSPS) is 18.8. The third kappa shape index (κ3) is 4.22. The molecule has 1 heterocycles. The Labute approximate surface area is 131 Å². The maximum absolute atomic E-state index is 12.2. The second kappa shape index (κ2) is 6.82. The molecule has 116 valence electrons. The fourth-order valence-electron chi connectivity index (χ4n) is 2.14. The van der Waals surface area contributed by atoms with Crippen LogP contribution in [0.25, 0.3) is 0 Å². The first-order valence-corrected chi connectivity index (χ1v) is 8.69. The average Bonchev–Trinajstić information content (AvgIpc) is 2.91. The molecule has 9 heteroatoms. The van der Waals surface area contributed by atoms with Gasteiger partial charge in [0, 0.05) is 30.3 Å². The number of sulfonamides is 1. The third-order valence-electron chi connectivity index (χ3n) is 3.28. The van der Waals surface area contributed by atoms with E-state index >= 15 is 0 Å². The Morgan fingerprint density at radius 3 is 2.86 bits per heavy atom. The first-order chi connectivity index (χ1) is 9.90. The molecule has 2 rings (SSSR count). The number of benzene rings is 1. The molecule has 0 saturated carbocycles. The highest BCUT2D eigenvalue weighted by Crippen LogP contribution is 2.27. The molecule has 1 fully saturated rings. The zero-order valence-electron chi connectivity index (χ0n) is 11.1. The summed E-state index contributed by atoms with van der Waals surface area (Å²) in [5.41, 5.74) is -0.435. The minimum absolute atomic E-state index is 0.236. The van der Waals surface area contributed by atoms with Crippen molar-refractivity contribution in [3.05, 3.63) is 32.8 Å². The molecule has 1 unspecified atom stereocenters. The van der Waals surface area contributed by atoms with E-state index in [-0.39, 0.29) is 11.4 Å². The largest absolute Gasteiger partial charge is 0.381 e. The number of halogens is 1. The minimum Gasteiger partial charge on any atom is -0.381 e. The first kappa shape index (κ1) is 16.3. The van der Waals surface area contributed by atoms with Crippen LogP contribution in [0.5, 0.6) is 0 Å². The second-order valence-electron chi connectivity index (χ2n) is 4.79. The van der Waals surface area contributed by atoms with Crippen LogP contribution in [0, 0.1) is 16.0 Å². The van der Waals surface area contributed by atoms with Crippen LogP contribution < -0.4 is 4.72 Å². The summed E-state index contributed by atoms with van der Waals surface area (Å²) in [6, 6.07) is 3.84. The number of nitrogens with one attached hydrogen (secondary N) is 1. The highest BCUT2D eigenvalue weighted by Gasteiger charge is 2.26. The van der Waals surface area contributed by atoms with Gasteiger partial charge in [-0.2, -0.15) is 0 Å². The van der Waals surface area contributed by atoms with Gasteiger partial charge in [-0.25, -0.2) is 13.1 Å². The lowest BCUT2D eigenvalue weighted by Crippen LogP contribution is -2.27. The highest BCUT2D eigenvalue weighted by atomic mass is 79.9. The van der Waals surface area contributed by atoms with E-state index in [1.165, 1.54) is 18.2 Å². The fraction of sp³-hybridized carbons (Fsp3) is 0.500. The van der Waals surface area contributed by atoms with Crippen LogP contribution >= 0.6 is 15.9 Å². The Kier molecular flexibility index (Phi) is 5.31. The van der Waals surface area contributed by atoms with E-state index in [4.69, 9.17) is 4.74 Å². The molecule has 0 spiro atoms. The Balaban J connectivity index is 2.11. The van der Waals surface area contributed by atoms with Crippen LogP contribution in [0.3, 0.4) is 0 Å². The number of nitro groups is 1. The maximum atomic E-state index is 12.2. The van der Waals surface area contributed by atoms with Crippen molar-refractivity contribution in [3.63, 3.8) is 0 Å². The van der Waals surface area contributed by atoms with Gasteiger partial charge in [-0.1, -0.05) is 15.9 Å². The molecule has 0 aromatic heterocycles. The van der Waals surface area contributed by atoms with Gasteiger partial charge < -0.3 is 4.74 Å². The quantitative estimate of drug-likeness (QED) is 0.603. The van der Waals surface area contributed by atoms with Crippen LogP contribution in [-0.2, 0) is 14.8 Å². The number of hydrogen-bond donors (Lipinski definition) is 1. The Morgan fingerprint density at radius 2 is 2.24 bits per heavy atom. The molecule has 1 N–H and O–H groups in total. The van der Waals surface area contributed by atoms with E-state index < -0.39 is 20.6 Å². The molecule has 7 nitrogen and oxygen atoms in total. The number of ether oxygens (including phenoxy) is 1. The first-order valence-electron chi connectivity index (χ1n) is 6.41. The molecule has 1 aromatic carbocycles. The molecular weight excluding hydrogens is 364 g/mol. The van der Waals surface area contributed by atoms with Gasteiger partial charge in [0.25, 0.3) is 5.69 Å². The van der Waals surface area contributed by atoms with Gasteiger partial charge in [-0.3, -0.25) is 10.1 Å². The van der Waals surface area contributed by atoms with Crippen LogP contribution in [0.15, 0.2) is 27.6 Å². The van der Waals surface area contributed by atoms with Crippen LogP contribution in [0.2, 0.25) is 0 Å². The van der Waals surface area contributed by atoms with Crippen molar-refractivity contribution in [2.75, 3.05) is 19.8 Å². The predicted octanol–water partition coefficient (Wildman–Crippen LogP) is 2.06. The number of hydrogen-bond acceptors (Lipinski definition) is 5. The van der Waals surface area contributed by atoms with Gasteiger partial charge in [-0.15, -0.1) is 0 Å². The molecule has 0 amide bonds. The summed E-state index contributed by atoms with van der Waals surface area (Å²) in [6.45, 7) is 1.58. The average molecular weight is 379 g/mol. The lowest BCUT2D eigenvalue weighted by atomic mass is 10.1. The SMILES string of the molecule is O=[N+]([O-])c1ccc(Br)cc1S(=O)(=O)NCCC1CCOC1. The van der Waals surface area contributed by atoms with Gasteiger partial charge in [0.05, 0.1) is 4.92 Å². The highest BCUT2D eigenvalue weighted by molar-refractivity contribution is 9.10. The molecule has 1 aliphatic heterocycles. The molecule has 1 atom stereocenters. The molecule has 0 bridgehead atoms. The zero-order valence-corrected chi connectivity index (χ0v) is 13.5. The van der Waals surface area contributed by atoms with E-state index in [9.17, 15) is 18.5 Å². The maximum Gasteiger partial charge on any atom is 0.289 e. The molecule has 0 aliphatic carbocycles. The van der Waals surface area contributed by atoms with Crippen molar-refractivity contribution in [2.45, 2.75) is 17.7 Å². The number of rotatable bonds is 6. The lowest BCUT2D eigenvalue weighted by Gasteiger charge is -2.10. The van der Waals surface area contributed by atoms with Crippen molar-refractivity contribution in [1.29, 1.82) is 0 Å². The monoisotopic (exact) mass is 378 g/mol. The van der Waals surface area contributed by atoms with Gasteiger partial charge in [0.2, 0.25) is 10.0 Å². The summed E-state index contributed by atoms with van der Waals surface area (Å²) in [7, 11) is -3.91. The summed E-state index contributed by atoms with van der Waals surface area (Å²) in [5, 5.41) is 10.9. The van der Waals surface area contributed by atoms with Crippen LogP contribution in [0.4, 0.5) is 5.69 Å². The molecule has 1 aliphatic rings. The minimum atomic E-state index is -3.91. The molecule has 1 saturated heterocycles. The summed E-state index contributed by atoms with van der Waals surface area (Å²) < 4.78 is 32.5. The van der Waals surface area contributed by atoms with Crippen LogP contribution in [0.1, 0.15) is 12.8 Å². The lowest BCUT2D eigenvalue weighted by molar-refractivity contribution is -0.387. The van der Waals surface area contributed by atoms with Gasteiger partial charge in [0.15, 0.2) is 4.90 Å². The summed E-state index contributed by atoms with van der Waals surface area (Å²) >= 11 is 3.13. The van der Waals surface area contributed by atoms with Crippen LogP contribution in [-0.4, -0.2) is 33.1 Å². The van der Waals surface area contributed by atoms with Crippen molar-refractivity contribution in [3.8, 4) is 0 Å². The summed E-state index contributed by atoms with van der Waals surface area (Å²) in [5.74, 6) is 0.338. The second-order valence-corrected chi connectivity index (χ2v) is 7.44. The Bertz CT molecular complexity index is 629. The molecular formula is C12H15BrN2O5S.